The van der Waals surface area contributed by atoms with Gasteiger partial charge in [-0.25, -0.2) is 0 Å². The molecule has 0 spiro atoms. The van der Waals surface area contributed by atoms with E-state index in [4.69, 9.17) is 5.73 Å². The number of carbonyl (C=O) groups excluding carboxylic acids is 1. The van der Waals surface area contributed by atoms with E-state index >= 15 is 0 Å². The van der Waals surface area contributed by atoms with E-state index in [0.29, 0.717) is 16.5 Å². The van der Waals surface area contributed by atoms with Crippen molar-refractivity contribution in [1.29, 1.82) is 0 Å². The minimum Gasteiger partial charge on any atom is -0.396 e. The average Bonchev–Trinajstić information content (AvgIpc) is 2.76. The van der Waals surface area contributed by atoms with Crippen LogP contribution < -0.4 is 10.6 Å². The molecule has 4 nitrogen and oxygen atoms in total. The van der Waals surface area contributed by atoms with E-state index in [1.54, 1.807) is 30.0 Å². The lowest BCUT2D eigenvalue weighted by atomic mass is 10.2. The predicted octanol–water partition coefficient (Wildman–Crippen LogP) is 3.03. The molecule has 0 atom stereocenters. The van der Waals surface area contributed by atoms with Crippen LogP contribution >= 0.6 is 23.1 Å². The Morgan fingerprint density at radius 3 is 2.43 bits per heavy atom. The maximum Gasteiger partial charge on any atom is 0.171 e. The summed E-state index contributed by atoms with van der Waals surface area (Å²) in [6, 6.07) is 0. The molecule has 0 bridgehead atoms. The van der Waals surface area contributed by atoms with Gasteiger partial charge in [0.25, 0.3) is 0 Å². The quantitative estimate of drug-likeness (QED) is 0.665. The smallest absolute Gasteiger partial charge is 0.171 e. The number of thioether (sulfide) groups is 1. The van der Waals surface area contributed by atoms with Crippen LogP contribution in [0, 0.1) is 5.92 Å². The SMILES string of the molecule is CSc1c(N2CCN(CC(C)C)CC2)sc(C(C)=O)c1N. The first-order valence-corrected chi connectivity index (χ1v) is 9.42. The van der Waals surface area contributed by atoms with E-state index < -0.39 is 0 Å². The number of Topliss-reactive ketones (excluding diaryl/α,β-unsaturated/α-hetero) is 1. The third-order valence-electron chi connectivity index (χ3n) is 3.69. The number of carbonyl (C=O) groups is 1. The molecule has 0 aliphatic carbocycles. The summed E-state index contributed by atoms with van der Waals surface area (Å²) in [6.07, 6.45) is 2.03. The highest BCUT2D eigenvalue weighted by Gasteiger charge is 2.25. The molecule has 1 aromatic rings. The number of thiophene rings is 1. The van der Waals surface area contributed by atoms with Crippen molar-refractivity contribution >= 4 is 39.6 Å². The zero-order chi connectivity index (χ0) is 15.6. The van der Waals surface area contributed by atoms with Crippen molar-refractivity contribution in [2.45, 2.75) is 25.7 Å². The van der Waals surface area contributed by atoms with Crippen molar-refractivity contribution < 1.29 is 4.79 Å². The van der Waals surface area contributed by atoms with Gasteiger partial charge >= 0.3 is 0 Å². The summed E-state index contributed by atoms with van der Waals surface area (Å²) in [7, 11) is 0. The largest absolute Gasteiger partial charge is 0.396 e. The average molecular weight is 328 g/mol. The molecule has 1 aliphatic rings. The Labute approximate surface area is 135 Å². The summed E-state index contributed by atoms with van der Waals surface area (Å²) in [6.45, 7) is 11.5. The van der Waals surface area contributed by atoms with E-state index in [1.165, 1.54) is 5.00 Å². The first-order valence-electron chi connectivity index (χ1n) is 7.38. The normalized spacial score (nSPS) is 16.7. The van der Waals surface area contributed by atoms with Gasteiger partial charge in [0.05, 0.1) is 15.5 Å². The van der Waals surface area contributed by atoms with Gasteiger partial charge in [0.2, 0.25) is 0 Å². The van der Waals surface area contributed by atoms with Gasteiger partial charge in [-0.2, -0.15) is 0 Å². The lowest BCUT2D eigenvalue weighted by Gasteiger charge is -2.36. The van der Waals surface area contributed by atoms with Crippen LogP contribution in [0.15, 0.2) is 4.90 Å². The van der Waals surface area contributed by atoms with Gasteiger partial charge in [0.15, 0.2) is 5.78 Å². The van der Waals surface area contributed by atoms with Gasteiger partial charge in [0.1, 0.15) is 5.00 Å². The van der Waals surface area contributed by atoms with Crippen molar-refractivity contribution in [2.24, 2.45) is 5.92 Å². The fourth-order valence-corrected chi connectivity index (χ4v) is 4.86. The standard InChI is InChI=1S/C15H25N3OS2/c1-10(2)9-17-5-7-18(8-6-17)15-14(20-4)12(16)13(21-15)11(3)19/h10H,5-9,16H2,1-4H3. The Balaban J connectivity index is 2.13. The number of ketones is 1. The van der Waals surface area contributed by atoms with Crippen molar-refractivity contribution in [3.05, 3.63) is 4.88 Å². The summed E-state index contributed by atoms with van der Waals surface area (Å²) < 4.78 is 0. The summed E-state index contributed by atoms with van der Waals surface area (Å²) in [4.78, 5) is 18.4. The maximum atomic E-state index is 11.7. The van der Waals surface area contributed by atoms with Crippen LogP contribution in [0.25, 0.3) is 0 Å². The van der Waals surface area contributed by atoms with E-state index in [-0.39, 0.29) is 5.78 Å². The third-order valence-corrected chi connectivity index (χ3v) is 6.01. The second kappa shape index (κ2) is 7.03. The molecule has 1 fully saturated rings. The molecule has 0 radical (unpaired) electrons. The third kappa shape index (κ3) is 3.73. The zero-order valence-electron chi connectivity index (χ0n) is 13.3. The highest BCUT2D eigenvalue weighted by molar-refractivity contribution is 7.99. The molecule has 0 amide bonds. The molecule has 2 N–H and O–H groups in total. The molecule has 6 heteroatoms. The number of hydrogen-bond acceptors (Lipinski definition) is 6. The van der Waals surface area contributed by atoms with E-state index in [1.807, 2.05) is 6.26 Å². The van der Waals surface area contributed by atoms with Gasteiger partial charge < -0.3 is 10.6 Å². The van der Waals surface area contributed by atoms with Crippen LogP contribution in [0.5, 0.6) is 0 Å². The van der Waals surface area contributed by atoms with Crippen LogP contribution in [-0.4, -0.2) is 49.7 Å². The monoisotopic (exact) mass is 327 g/mol. The fourth-order valence-electron chi connectivity index (χ4n) is 2.73. The van der Waals surface area contributed by atoms with Gasteiger partial charge in [-0.15, -0.1) is 23.1 Å². The molecule has 118 valence electrons. The molecule has 0 saturated carbocycles. The second-order valence-electron chi connectivity index (χ2n) is 5.92. The minimum absolute atomic E-state index is 0.0671. The molecule has 0 unspecified atom stereocenters. The molecular formula is C15H25N3OS2. The van der Waals surface area contributed by atoms with Crippen LogP contribution in [0.4, 0.5) is 10.7 Å². The van der Waals surface area contributed by atoms with Crippen LogP contribution in [0.3, 0.4) is 0 Å². The van der Waals surface area contributed by atoms with Gasteiger partial charge in [0, 0.05) is 39.6 Å². The summed E-state index contributed by atoms with van der Waals surface area (Å²) in [5.74, 6) is 0.775. The number of hydrogen-bond donors (Lipinski definition) is 1. The molecule has 21 heavy (non-hydrogen) atoms. The molecule has 1 aromatic heterocycles. The molecular weight excluding hydrogens is 302 g/mol. The van der Waals surface area contributed by atoms with Crippen LogP contribution in [0.2, 0.25) is 0 Å². The summed E-state index contributed by atoms with van der Waals surface area (Å²) in [5.41, 5.74) is 6.81. The first-order chi connectivity index (χ1) is 9.93. The second-order valence-corrected chi connectivity index (χ2v) is 7.74. The zero-order valence-corrected chi connectivity index (χ0v) is 14.9. The number of nitrogens with zero attached hydrogens (tertiary/aromatic N) is 2. The Morgan fingerprint density at radius 2 is 1.95 bits per heavy atom. The van der Waals surface area contributed by atoms with Gasteiger partial charge in [-0.3, -0.25) is 9.69 Å². The van der Waals surface area contributed by atoms with Crippen molar-refractivity contribution in [3.63, 3.8) is 0 Å². The number of nitrogen functional groups attached to an aromatic ring is 1. The number of nitrogens with two attached hydrogens (primary N) is 1. The van der Waals surface area contributed by atoms with E-state index in [9.17, 15) is 4.79 Å². The topological polar surface area (TPSA) is 49.6 Å². The van der Waals surface area contributed by atoms with Gasteiger partial charge in [-0.05, 0) is 12.2 Å². The van der Waals surface area contributed by atoms with E-state index in [0.717, 1.165) is 37.6 Å². The van der Waals surface area contributed by atoms with Crippen LogP contribution in [0.1, 0.15) is 30.4 Å². The molecule has 1 aliphatic heterocycles. The molecule has 0 aromatic carbocycles. The van der Waals surface area contributed by atoms with E-state index in [2.05, 4.69) is 23.6 Å². The van der Waals surface area contributed by atoms with Gasteiger partial charge in [-0.1, -0.05) is 13.8 Å². The lowest BCUT2D eigenvalue weighted by molar-refractivity contribution is 0.102. The van der Waals surface area contributed by atoms with Crippen molar-refractivity contribution in [1.82, 2.24) is 4.90 Å². The van der Waals surface area contributed by atoms with Crippen molar-refractivity contribution in [2.75, 3.05) is 49.6 Å². The number of piperazine rings is 1. The predicted molar refractivity (Wildman–Crippen MR) is 94.0 cm³/mol. The highest BCUT2D eigenvalue weighted by Crippen LogP contribution is 2.44. The Bertz CT molecular complexity index is 505. The minimum atomic E-state index is 0.0671. The number of rotatable bonds is 5. The Hall–Kier alpha value is -0.720. The molecule has 1 saturated heterocycles. The lowest BCUT2D eigenvalue weighted by Crippen LogP contribution is -2.47. The van der Waals surface area contributed by atoms with Crippen LogP contribution in [-0.2, 0) is 0 Å². The maximum absolute atomic E-state index is 11.7. The van der Waals surface area contributed by atoms with Crippen molar-refractivity contribution in [3.8, 4) is 0 Å². The summed E-state index contributed by atoms with van der Waals surface area (Å²) in [5, 5.41) is 1.18. The summed E-state index contributed by atoms with van der Waals surface area (Å²) >= 11 is 3.20. The fraction of sp³-hybridized carbons (Fsp3) is 0.667. The Morgan fingerprint density at radius 1 is 1.33 bits per heavy atom. The number of anilines is 2. The first kappa shape index (κ1) is 16.6. The Kier molecular flexibility index (Phi) is 5.57. The highest BCUT2D eigenvalue weighted by atomic mass is 32.2. The molecule has 2 rings (SSSR count). The molecule has 2 heterocycles.